The van der Waals surface area contributed by atoms with Gasteiger partial charge in [-0.15, -0.1) is 0 Å². The highest BCUT2D eigenvalue weighted by atomic mass is 16.5. The van der Waals surface area contributed by atoms with Crippen LogP contribution in [0.3, 0.4) is 0 Å². The lowest BCUT2D eigenvalue weighted by molar-refractivity contribution is -0.122. The number of hydrogen-bond donors (Lipinski definition) is 2. The predicted molar refractivity (Wildman–Crippen MR) is 79.8 cm³/mol. The molecule has 0 spiro atoms. The molecule has 0 atom stereocenters. The summed E-state index contributed by atoms with van der Waals surface area (Å²) >= 11 is 0. The van der Waals surface area contributed by atoms with Crippen LogP contribution in [0, 0.1) is 0 Å². The van der Waals surface area contributed by atoms with Gasteiger partial charge in [-0.2, -0.15) is 0 Å². The lowest BCUT2D eigenvalue weighted by Crippen LogP contribution is -2.33. The highest BCUT2D eigenvalue weighted by Gasteiger charge is 2.14. The summed E-state index contributed by atoms with van der Waals surface area (Å²) in [5, 5.41) is 6.29. The average molecular weight is 283 g/mol. The van der Waals surface area contributed by atoms with Gasteiger partial charge in [0.25, 0.3) is 0 Å². The Bertz CT molecular complexity index is 274. The van der Waals surface area contributed by atoms with Crippen LogP contribution in [0.15, 0.2) is 0 Å². The van der Waals surface area contributed by atoms with E-state index in [1.807, 2.05) is 0 Å². The van der Waals surface area contributed by atoms with Gasteiger partial charge in [0.15, 0.2) is 0 Å². The summed E-state index contributed by atoms with van der Waals surface area (Å²) in [6, 6.07) is 0. The third-order valence-corrected chi connectivity index (χ3v) is 4.14. The van der Waals surface area contributed by atoms with Crippen LogP contribution in [0.25, 0.3) is 0 Å². The highest BCUT2D eigenvalue weighted by Crippen LogP contribution is 2.08. The second-order valence-corrected chi connectivity index (χ2v) is 5.82. The Labute approximate surface area is 122 Å². The summed E-state index contributed by atoms with van der Waals surface area (Å²) in [6.45, 7) is 7.01. The van der Waals surface area contributed by atoms with Gasteiger partial charge in [0.05, 0.1) is 12.7 Å². The molecule has 2 N–H and O–H groups in total. The number of ether oxygens (including phenoxy) is 1. The summed E-state index contributed by atoms with van der Waals surface area (Å²) in [4.78, 5) is 14.1. The third kappa shape index (κ3) is 6.20. The van der Waals surface area contributed by atoms with Gasteiger partial charge in [-0.1, -0.05) is 0 Å². The minimum absolute atomic E-state index is 0.125. The van der Waals surface area contributed by atoms with Crippen molar-refractivity contribution < 1.29 is 9.53 Å². The van der Waals surface area contributed by atoms with Gasteiger partial charge in [0, 0.05) is 13.0 Å². The molecule has 0 aromatic heterocycles. The number of hydrogen-bond acceptors (Lipinski definition) is 4. The Hall–Kier alpha value is -0.650. The predicted octanol–water partition coefficient (Wildman–Crippen LogP) is 0.747. The number of nitrogens with zero attached hydrogens (tertiary/aromatic N) is 1. The fourth-order valence-corrected chi connectivity index (χ4v) is 2.91. The third-order valence-electron chi connectivity index (χ3n) is 4.14. The van der Waals surface area contributed by atoms with Crippen LogP contribution < -0.4 is 10.6 Å². The van der Waals surface area contributed by atoms with E-state index in [0.717, 1.165) is 45.4 Å². The van der Waals surface area contributed by atoms with Crippen molar-refractivity contribution in [2.24, 2.45) is 0 Å². The van der Waals surface area contributed by atoms with E-state index in [0.29, 0.717) is 19.1 Å². The number of amides is 1. The van der Waals surface area contributed by atoms with Crippen molar-refractivity contribution in [3.05, 3.63) is 0 Å². The number of rotatable bonds is 8. The molecule has 0 aliphatic carbocycles. The maximum atomic E-state index is 11.7. The van der Waals surface area contributed by atoms with E-state index in [-0.39, 0.29) is 5.91 Å². The molecule has 0 aromatic carbocycles. The Morgan fingerprint density at radius 1 is 1.25 bits per heavy atom. The standard InChI is InChI=1S/C15H29N3O2/c19-15(6-13-20-14-4-8-16-9-5-14)17-7-3-12-18-10-1-2-11-18/h14,16H,1-13H2,(H,17,19). The molecule has 0 radical (unpaired) electrons. The van der Waals surface area contributed by atoms with Crippen molar-refractivity contribution >= 4 is 5.91 Å². The van der Waals surface area contributed by atoms with Crippen LogP contribution in [0.4, 0.5) is 0 Å². The smallest absolute Gasteiger partial charge is 0.222 e. The SMILES string of the molecule is O=C(CCOC1CCNCC1)NCCCN1CCCC1. The van der Waals surface area contributed by atoms with Gasteiger partial charge in [0.1, 0.15) is 0 Å². The Balaban J connectivity index is 1.41. The van der Waals surface area contributed by atoms with E-state index >= 15 is 0 Å². The highest BCUT2D eigenvalue weighted by molar-refractivity contribution is 5.75. The van der Waals surface area contributed by atoms with Crippen molar-refractivity contribution in [1.82, 2.24) is 15.5 Å². The van der Waals surface area contributed by atoms with Crippen molar-refractivity contribution in [2.75, 3.05) is 45.9 Å². The van der Waals surface area contributed by atoms with Gasteiger partial charge in [-0.05, 0) is 64.8 Å². The molecule has 2 heterocycles. The van der Waals surface area contributed by atoms with Crippen LogP contribution >= 0.6 is 0 Å². The summed E-state index contributed by atoms with van der Waals surface area (Å²) in [7, 11) is 0. The molecule has 0 aromatic rings. The monoisotopic (exact) mass is 283 g/mol. The fourth-order valence-electron chi connectivity index (χ4n) is 2.91. The number of carbonyl (C=O) groups excluding carboxylic acids is 1. The van der Waals surface area contributed by atoms with Crippen molar-refractivity contribution in [1.29, 1.82) is 0 Å². The maximum absolute atomic E-state index is 11.7. The molecule has 1 amide bonds. The first-order chi connectivity index (χ1) is 9.84. The summed E-state index contributed by atoms with van der Waals surface area (Å²) < 4.78 is 5.73. The lowest BCUT2D eigenvalue weighted by atomic mass is 10.1. The molecule has 2 fully saturated rings. The van der Waals surface area contributed by atoms with Crippen molar-refractivity contribution in [3.8, 4) is 0 Å². The molecule has 0 unspecified atom stereocenters. The Morgan fingerprint density at radius 3 is 2.75 bits per heavy atom. The van der Waals surface area contributed by atoms with E-state index in [1.54, 1.807) is 0 Å². The van der Waals surface area contributed by atoms with Gasteiger partial charge < -0.3 is 20.3 Å². The van der Waals surface area contributed by atoms with Crippen molar-refractivity contribution in [3.63, 3.8) is 0 Å². The van der Waals surface area contributed by atoms with E-state index < -0.39 is 0 Å². The maximum Gasteiger partial charge on any atom is 0.222 e. The zero-order valence-corrected chi connectivity index (χ0v) is 12.5. The minimum Gasteiger partial charge on any atom is -0.378 e. The molecule has 0 bridgehead atoms. The minimum atomic E-state index is 0.125. The number of likely N-dealkylation sites (tertiary alicyclic amines) is 1. The quantitative estimate of drug-likeness (QED) is 0.645. The van der Waals surface area contributed by atoms with E-state index in [2.05, 4.69) is 15.5 Å². The van der Waals surface area contributed by atoms with Gasteiger partial charge >= 0.3 is 0 Å². The lowest BCUT2D eigenvalue weighted by Gasteiger charge is -2.22. The van der Waals surface area contributed by atoms with Crippen LogP contribution in [-0.4, -0.2) is 62.8 Å². The van der Waals surface area contributed by atoms with Crippen LogP contribution in [0.1, 0.15) is 38.5 Å². The molecule has 5 nitrogen and oxygen atoms in total. The fraction of sp³-hybridized carbons (Fsp3) is 0.933. The van der Waals surface area contributed by atoms with Crippen LogP contribution in [0.2, 0.25) is 0 Å². The number of nitrogens with one attached hydrogen (secondary N) is 2. The Morgan fingerprint density at radius 2 is 2.00 bits per heavy atom. The first kappa shape index (κ1) is 15.7. The summed E-state index contributed by atoms with van der Waals surface area (Å²) in [5.74, 6) is 0.125. The summed E-state index contributed by atoms with van der Waals surface area (Å²) in [5.41, 5.74) is 0. The van der Waals surface area contributed by atoms with Gasteiger partial charge in [-0.3, -0.25) is 4.79 Å². The zero-order valence-electron chi connectivity index (χ0n) is 12.5. The number of piperidine rings is 1. The molecule has 0 saturated carbocycles. The van der Waals surface area contributed by atoms with Crippen molar-refractivity contribution in [2.45, 2.75) is 44.6 Å². The first-order valence-electron chi connectivity index (χ1n) is 8.16. The zero-order chi connectivity index (χ0) is 14.0. The first-order valence-corrected chi connectivity index (χ1v) is 8.16. The van der Waals surface area contributed by atoms with E-state index in [4.69, 9.17) is 4.74 Å². The second-order valence-electron chi connectivity index (χ2n) is 5.82. The van der Waals surface area contributed by atoms with Gasteiger partial charge in [0.2, 0.25) is 5.91 Å². The summed E-state index contributed by atoms with van der Waals surface area (Å²) in [6.07, 6.45) is 6.70. The molecule has 2 aliphatic rings. The normalized spacial score (nSPS) is 21.2. The van der Waals surface area contributed by atoms with Crippen LogP contribution in [0.5, 0.6) is 0 Å². The second kappa shape index (κ2) is 9.32. The number of carbonyl (C=O) groups is 1. The largest absolute Gasteiger partial charge is 0.378 e. The molecule has 20 heavy (non-hydrogen) atoms. The average Bonchev–Trinajstić information content (AvgIpc) is 2.98. The molecule has 5 heteroatoms. The molecule has 116 valence electrons. The van der Waals surface area contributed by atoms with Gasteiger partial charge in [-0.25, -0.2) is 0 Å². The van der Waals surface area contributed by atoms with Crippen LogP contribution in [-0.2, 0) is 9.53 Å². The molecule has 2 rings (SSSR count). The molecule has 2 aliphatic heterocycles. The van der Waals surface area contributed by atoms with E-state index in [9.17, 15) is 4.79 Å². The molecular formula is C15H29N3O2. The Kier molecular flexibility index (Phi) is 7.33. The topological polar surface area (TPSA) is 53.6 Å². The molecular weight excluding hydrogens is 254 g/mol. The molecule has 2 saturated heterocycles. The van der Waals surface area contributed by atoms with E-state index in [1.165, 1.54) is 25.9 Å².